The van der Waals surface area contributed by atoms with Gasteiger partial charge in [0.15, 0.2) is 9.84 Å². The first-order valence-electron chi connectivity index (χ1n) is 12.4. The van der Waals surface area contributed by atoms with Crippen LogP contribution in [0.5, 0.6) is 5.75 Å². The number of hydrogen-bond donors (Lipinski definition) is 3. The normalized spacial score (nSPS) is 12.3. The standard InChI is InChI=1S/C29H26Cl2N4O5S/c1-3-27(41(39,40)20-9-5-18(2)6-10-20)29(38)34-23-17-26(36)24(16-25(23)35-14-4-13-32-35)33-28(37)12-8-19-7-11-21(30)22(31)15-19/h4-17,27,36H,3H2,1-2H3,(H,33,37)(H,34,38)/b12-8+. The Balaban J connectivity index is 1.61. The first-order chi connectivity index (χ1) is 19.5. The molecule has 212 valence electrons. The third kappa shape index (κ3) is 6.97. The number of rotatable bonds is 9. The Morgan fingerprint density at radius 3 is 2.39 bits per heavy atom. The third-order valence-electron chi connectivity index (χ3n) is 6.14. The molecule has 0 bridgehead atoms. The van der Waals surface area contributed by atoms with Crippen LogP contribution in [0, 0.1) is 6.92 Å². The van der Waals surface area contributed by atoms with Gasteiger partial charge in [-0.2, -0.15) is 5.10 Å². The number of nitrogens with zero attached hydrogens (tertiary/aromatic N) is 2. The van der Waals surface area contributed by atoms with Crippen LogP contribution in [0.25, 0.3) is 11.8 Å². The molecule has 9 nitrogen and oxygen atoms in total. The zero-order chi connectivity index (χ0) is 29.7. The zero-order valence-corrected chi connectivity index (χ0v) is 24.3. The van der Waals surface area contributed by atoms with E-state index in [9.17, 15) is 23.1 Å². The molecule has 4 aromatic rings. The number of sulfone groups is 1. The van der Waals surface area contributed by atoms with E-state index in [1.165, 1.54) is 47.3 Å². The van der Waals surface area contributed by atoms with Crippen LogP contribution in [-0.4, -0.2) is 40.4 Å². The molecule has 0 saturated heterocycles. The van der Waals surface area contributed by atoms with Crippen LogP contribution in [-0.2, 0) is 19.4 Å². The van der Waals surface area contributed by atoms with Crippen molar-refractivity contribution >= 4 is 62.3 Å². The van der Waals surface area contributed by atoms with Gasteiger partial charge in [-0.05, 0) is 61.4 Å². The fourth-order valence-corrected chi connectivity index (χ4v) is 5.92. The van der Waals surface area contributed by atoms with Gasteiger partial charge in [0.2, 0.25) is 11.8 Å². The van der Waals surface area contributed by atoms with Gasteiger partial charge in [-0.3, -0.25) is 9.59 Å². The number of phenolic OH excluding ortho intramolecular Hbond substituents is 1. The molecule has 0 radical (unpaired) electrons. The summed E-state index contributed by atoms with van der Waals surface area (Å²) in [6.07, 6.45) is 5.90. The highest BCUT2D eigenvalue weighted by atomic mass is 35.5. The lowest BCUT2D eigenvalue weighted by Gasteiger charge is -2.19. The van der Waals surface area contributed by atoms with Gasteiger partial charge in [-0.1, -0.05) is 53.9 Å². The van der Waals surface area contributed by atoms with Crippen molar-refractivity contribution in [1.82, 2.24) is 9.78 Å². The Kier molecular flexibility index (Phi) is 9.17. The minimum Gasteiger partial charge on any atom is -0.506 e. The van der Waals surface area contributed by atoms with E-state index < -0.39 is 26.9 Å². The Labute approximate surface area is 247 Å². The molecule has 1 heterocycles. The number of aromatic hydroxyl groups is 1. The Hall–Kier alpha value is -4.12. The zero-order valence-electron chi connectivity index (χ0n) is 22.0. The summed E-state index contributed by atoms with van der Waals surface area (Å²) in [5.41, 5.74) is 1.94. The number of halogens is 2. The van der Waals surface area contributed by atoms with Crippen molar-refractivity contribution in [3.63, 3.8) is 0 Å². The summed E-state index contributed by atoms with van der Waals surface area (Å²) in [6.45, 7) is 3.44. The molecular formula is C29H26Cl2N4O5S. The molecule has 4 rings (SSSR count). The van der Waals surface area contributed by atoms with Gasteiger partial charge < -0.3 is 15.7 Å². The summed E-state index contributed by atoms with van der Waals surface area (Å²) in [4.78, 5) is 25.9. The number of anilines is 2. The molecule has 2 amide bonds. The Morgan fingerprint density at radius 2 is 1.76 bits per heavy atom. The predicted molar refractivity (Wildman–Crippen MR) is 160 cm³/mol. The average molecular weight is 614 g/mol. The Bertz CT molecular complexity index is 1720. The number of carbonyl (C=O) groups excluding carboxylic acids is 2. The minimum atomic E-state index is -4.00. The van der Waals surface area contributed by atoms with Crippen molar-refractivity contribution in [2.75, 3.05) is 10.6 Å². The molecule has 1 unspecified atom stereocenters. The van der Waals surface area contributed by atoms with Crippen molar-refractivity contribution in [2.45, 2.75) is 30.4 Å². The lowest BCUT2D eigenvalue weighted by Crippen LogP contribution is -2.35. The summed E-state index contributed by atoms with van der Waals surface area (Å²) in [5.74, 6) is -1.69. The van der Waals surface area contributed by atoms with Gasteiger partial charge in [-0.25, -0.2) is 13.1 Å². The van der Waals surface area contributed by atoms with Gasteiger partial charge in [0.05, 0.1) is 32.0 Å². The predicted octanol–water partition coefficient (Wildman–Crippen LogP) is 6.04. The lowest BCUT2D eigenvalue weighted by molar-refractivity contribution is -0.116. The topological polar surface area (TPSA) is 130 Å². The quantitative estimate of drug-likeness (QED) is 0.156. The number of hydrogen-bond acceptors (Lipinski definition) is 6. The molecule has 0 spiro atoms. The van der Waals surface area contributed by atoms with Crippen LogP contribution in [0.1, 0.15) is 24.5 Å². The monoisotopic (exact) mass is 612 g/mol. The smallest absolute Gasteiger partial charge is 0.248 e. The molecule has 0 fully saturated rings. The maximum atomic E-state index is 13.3. The van der Waals surface area contributed by atoms with E-state index in [1.807, 2.05) is 6.92 Å². The third-order valence-corrected chi connectivity index (χ3v) is 9.10. The number of aryl methyl sites for hydroxylation is 1. The van der Waals surface area contributed by atoms with Gasteiger partial charge in [0, 0.05) is 24.5 Å². The van der Waals surface area contributed by atoms with E-state index in [4.69, 9.17) is 23.2 Å². The van der Waals surface area contributed by atoms with Crippen molar-refractivity contribution in [3.05, 3.63) is 100 Å². The summed E-state index contributed by atoms with van der Waals surface area (Å²) in [6, 6.07) is 15.4. The average Bonchev–Trinajstić information content (AvgIpc) is 3.46. The summed E-state index contributed by atoms with van der Waals surface area (Å²) in [5, 5.41) is 19.4. The second-order valence-electron chi connectivity index (χ2n) is 9.08. The van der Waals surface area contributed by atoms with Crippen LogP contribution in [0.15, 0.2) is 84.0 Å². The van der Waals surface area contributed by atoms with Gasteiger partial charge in [0.25, 0.3) is 0 Å². The van der Waals surface area contributed by atoms with Crippen LogP contribution in [0.4, 0.5) is 11.4 Å². The largest absolute Gasteiger partial charge is 0.506 e. The van der Waals surface area contributed by atoms with Crippen LogP contribution in [0.3, 0.4) is 0 Å². The van der Waals surface area contributed by atoms with Crippen molar-refractivity contribution < 1.29 is 23.1 Å². The molecule has 12 heteroatoms. The Morgan fingerprint density at radius 1 is 1.02 bits per heavy atom. The molecule has 0 aliphatic heterocycles. The first-order valence-corrected chi connectivity index (χ1v) is 14.7. The van der Waals surface area contributed by atoms with Crippen molar-refractivity contribution in [3.8, 4) is 11.4 Å². The SMILES string of the molecule is CCC(C(=O)Nc1cc(O)c(NC(=O)/C=C/c2ccc(Cl)c(Cl)c2)cc1-n1cccn1)S(=O)(=O)c1ccc(C)cc1. The maximum absolute atomic E-state index is 13.3. The molecule has 1 atom stereocenters. The van der Waals surface area contributed by atoms with Crippen molar-refractivity contribution in [1.29, 1.82) is 0 Å². The highest BCUT2D eigenvalue weighted by molar-refractivity contribution is 7.92. The fraction of sp³-hybridized carbons (Fsp3) is 0.138. The van der Waals surface area contributed by atoms with Gasteiger partial charge in [-0.15, -0.1) is 0 Å². The maximum Gasteiger partial charge on any atom is 0.248 e. The van der Waals surface area contributed by atoms with Crippen LogP contribution in [0.2, 0.25) is 10.0 Å². The van der Waals surface area contributed by atoms with E-state index in [0.29, 0.717) is 15.6 Å². The molecule has 0 saturated carbocycles. The van der Waals surface area contributed by atoms with Crippen LogP contribution >= 0.6 is 23.2 Å². The number of amides is 2. The van der Waals surface area contributed by atoms with Crippen LogP contribution < -0.4 is 10.6 Å². The first kappa shape index (κ1) is 29.9. The van der Waals surface area contributed by atoms with Gasteiger partial charge in [0.1, 0.15) is 11.0 Å². The van der Waals surface area contributed by atoms with E-state index in [2.05, 4.69) is 15.7 Å². The number of phenols is 1. The number of carbonyl (C=O) groups is 2. The molecule has 3 N–H and O–H groups in total. The van der Waals surface area contributed by atoms with Gasteiger partial charge >= 0.3 is 0 Å². The molecular weight excluding hydrogens is 587 g/mol. The van der Waals surface area contributed by atoms with E-state index in [-0.39, 0.29) is 34.1 Å². The second kappa shape index (κ2) is 12.6. The second-order valence-corrected chi connectivity index (χ2v) is 12.0. The molecule has 1 aromatic heterocycles. The molecule has 41 heavy (non-hydrogen) atoms. The minimum absolute atomic E-state index is 0.0183. The highest BCUT2D eigenvalue weighted by Crippen LogP contribution is 2.34. The van der Waals surface area contributed by atoms with E-state index in [0.717, 1.165) is 5.56 Å². The number of nitrogens with one attached hydrogen (secondary N) is 2. The molecule has 3 aromatic carbocycles. The highest BCUT2D eigenvalue weighted by Gasteiger charge is 2.33. The lowest BCUT2D eigenvalue weighted by atomic mass is 10.2. The fourth-order valence-electron chi connectivity index (χ4n) is 3.99. The molecule has 0 aliphatic rings. The van der Waals surface area contributed by atoms with E-state index in [1.54, 1.807) is 49.5 Å². The van der Waals surface area contributed by atoms with Crippen molar-refractivity contribution in [2.24, 2.45) is 0 Å². The summed E-state index contributed by atoms with van der Waals surface area (Å²) < 4.78 is 27.9. The summed E-state index contributed by atoms with van der Waals surface area (Å²) in [7, 11) is -4.00. The summed E-state index contributed by atoms with van der Waals surface area (Å²) >= 11 is 11.9. The number of benzene rings is 3. The number of aromatic nitrogens is 2. The van der Waals surface area contributed by atoms with E-state index >= 15 is 0 Å². The molecule has 0 aliphatic carbocycles.